The summed E-state index contributed by atoms with van der Waals surface area (Å²) in [6.45, 7) is 2.18. The number of hydrogen-bond acceptors (Lipinski definition) is 5. The first-order valence-electron chi connectivity index (χ1n) is 6.52. The molecule has 7 nitrogen and oxygen atoms in total. The first-order valence-corrected chi connectivity index (χ1v) is 6.52. The Hall–Kier alpha value is -1.73. The third-order valence-electron chi connectivity index (χ3n) is 2.67. The van der Waals surface area contributed by atoms with E-state index in [4.69, 9.17) is 9.47 Å². The maximum Gasteiger partial charge on any atom is 0.253 e. The summed E-state index contributed by atoms with van der Waals surface area (Å²) >= 11 is 0. The van der Waals surface area contributed by atoms with Gasteiger partial charge in [-0.2, -0.15) is 0 Å². The van der Waals surface area contributed by atoms with E-state index in [2.05, 4.69) is 5.32 Å². The molecule has 0 unspecified atom stereocenters. The molecule has 112 valence electrons. The number of nitrogens with one attached hydrogen (secondary N) is 1. The van der Waals surface area contributed by atoms with E-state index in [0.717, 1.165) is 11.3 Å². The SMILES string of the molecule is COCCCOCCNC(=O)CCN1C(=O)C=CC1=O. The summed E-state index contributed by atoms with van der Waals surface area (Å²) < 4.78 is 10.1. The molecule has 0 saturated heterocycles. The Bertz CT molecular complexity index is 363. The van der Waals surface area contributed by atoms with E-state index in [1.807, 2.05) is 0 Å². The van der Waals surface area contributed by atoms with Crippen molar-refractivity contribution >= 4 is 17.7 Å². The number of amides is 3. The average molecular weight is 284 g/mol. The van der Waals surface area contributed by atoms with Gasteiger partial charge in [0.15, 0.2) is 0 Å². The highest BCUT2D eigenvalue weighted by atomic mass is 16.5. The van der Waals surface area contributed by atoms with Crippen LogP contribution in [0.15, 0.2) is 12.2 Å². The molecule has 20 heavy (non-hydrogen) atoms. The van der Waals surface area contributed by atoms with Gasteiger partial charge in [0.05, 0.1) is 6.61 Å². The van der Waals surface area contributed by atoms with Gasteiger partial charge in [-0.05, 0) is 6.42 Å². The summed E-state index contributed by atoms with van der Waals surface area (Å²) in [5.74, 6) is -0.952. The number of rotatable bonds is 10. The molecule has 0 aromatic heterocycles. The molecule has 0 bridgehead atoms. The van der Waals surface area contributed by atoms with Crippen LogP contribution in [0, 0.1) is 0 Å². The second-order valence-electron chi connectivity index (χ2n) is 4.22. The van der Waals surface area contributed by atoms with E-state index in [0.29, 0.717) is 26.4 Å². The molecular weight excluding hydrogens is 264 g/mol. The molecule has 1 heterocycles. The van der Waals surface area contributed by atoms with Crippen LogP contribution in [0.1, 0.15) is 12.8 Å². The molecule has 0 spiro atoms. The zero-order chi connectivity index (χ0) is 14.8. The number of hydrogen-bond donors (Lipinski definition) is 1. The molecule has 0 aromatic rings. The van der Waals surface area contributed by atoms with E-state index < -0.39 is 0 Å². The number of carbonyl (C=O) groups excluding carboxylic acids is 3. The summed E-state index contributed by atoms with van der Waals surface area (Å²) in [6, 6.07) is 0. The smallest absolute Gasteiger partial charge is 0.253 e. The Morgan fingerprint density at radius 1 is 1.20 bits per heavy atom. The van der Waals surface area contributed by atoms with Gasteiger partial charge >= 0.3 is 0 Å². The Balaban J connectivity index is 2.01. The van der Waals surface area contributed by atoms with Crippen molar-refractivity contribution in [3.05, 3.63) is 12.2 Å². The topological polar surface area (TPSA) is 84.9 Å². The van der Waals surface area contributed by atoms with Crippen molar-refractivity contribution in [2.75, 3.05) is 40.0 Å². The summed E-state index contributed by atoms with van der Waals surface area (Å²) in [7, 11) is 1.63. The van der Waals surface area contributed by atoms with Crippen molar-refractivity contribution in [3.63, 3.8) is 0 Å². The van der Waals surface area contributed by atoms with Gasteiger partial charge in [0.25, 0.3) is 11.8 Å². The van der Waals surface area contributed by atoms with Gasteiger partial charge in [0.1, 0.15) is 0 Å². The standard InChI is InChI=1S/C13H20N2O5/c1-19-8-2-9-20-10-6-14-11(16)5-7-15-12(17)3-4-13(15)18/h3-4H,2,5-10H2,1H3,(H,14,16). The fraction of sp³-hybridized carbons (Fsp3) is 0.615. The lowest BCUT2D eigenvalue weighted by atomic mass is 10.3. The normalized spacial score (nSPS) is 14.2. The van der Waals surface area contributed by atoms with Crippen LogP contribution in [0.4, 0.5) is 0 Å². The molecule has 0 fully saturated rings. The van der Waals surface area contributed by atoms with E-state index in [9.17, 15) is 14.4 Å². The number of methoxy groups -OCH3 is 1. The summed E-state index contributed by atoms with van der Waals surface area (Å²) in [4.78, 5) is 35.0. The minimum Gasteiger partial charge on any atom is -0.385 e. The monoisotopic (exact) mass is 284 g/mol. The second kappa shape index (κ2) is 9.22. The van der Waals surface area contributed by atoms with Gasteiger partial charge in [0.2, 0.25) is 5.91 Å². The fourth-order valence-electron chi connectivity index (χ4n) is 1.62. The minimum atomic E-state index is -0.371. The van der Waals surface area contributed by atoms with E-state index >= 15 is 0 Å². The number of ether oxygens (including phenoxy) is 2. The Morgan fingerprint density at radius 2 is 1.90 bits per heavy atom. The van der Waals surface area contributed by atoms with Gasteiger partial charge in [0, 0.05) is 52.0 Å². The molecule has 7 heteroatoms. The van der Waals surface area contributed by atoms with Crippen LogP contribution in [0.25, 0.3) is 0 Å². The van der Waals surface area contributed by atoms with E-state index in [1.54, 1.807) is 7.11 Å². The number of nitrogens with zero attached hydrogens (tertiary/aromatic N) is 1. The highest BCUT2D eigenvalue weighted by Gasteiger charge is 2.23. The van der Waals surface area contributed by atoms with Gasteiger partial charge in [-0.1, -0.05) is 0 Å². The van der Waals surface area contributed by atoms with Crippen LogP contribution in [-0.4, -0.2) is 62.6 Å². The van der Waals surface area contributed by atoms with Crippen molar-refractivity contribution in [1.82, 2.24) is 10.2 Å². The molecule has 0 radical (unpaired) electrons. The van der Waals surface area contributed by atoms with Gasteiger partial charge < -0.3 is 14.8 Å². The number of carbonyl (C=O) groups is 3. The Morgan fingerprint density at radius 3 is 2.55 bits per heavy atom. The lowest BCUT2D eigenvalue weighted by Crippen LogP contribution is -2.35. The largest absolute Gasteiger partial charge is 0.385 e. The van der Waals surface area contributed by atoms with Crippen LogP contribution in [0.2, 0.25) is 0 Å². The molecule has 1 aliphatic heterocycles. The quantitative estimate of drug-likeness (QED) is 0.430. The zero-order valence-electron chi connectivity index (χ0n) is 11.6. The van der Waals surface area contributed by atoms with Crippen LogP contribution >= 0.6 is 0 Å². The molecule has 0 aliphatic carbocycles. The first kappa shape index (κ1) is 16.3. The van der Waals surface area contributed by atoms with Crippen molar-refractivity contribution in [1.29, 1.82) is 0 Å². The highest BCUT2D eigenvalue weighted by molar-refractivity contribution is 6.13. The average Bonchev–Trinajstić information content (AvgIpc) is 2.75. The maximum absolute atomic E-state index is 11.5. The summed E-state index contributed by atoms with van der Waals surface area (Å²) in [5, 5.41) is 2.66. The fourth-order valence-corrected chi connectivity index (χ4v) is 1.62. The minimum absolute atomic E-state index is 0.100. The van der Waals surface area contributed by atoms with Crippen molar-refractivity contribution in [3.8, 4) is 0 Å². The third kappa shape index (κ3) is 5.94. The summed E-state index contributed by atoms with van der Waals surface area (Å²) in [6.07, 6.45) is 3.32. The molecule has 0 atom stereocenters. The molecule has 0 aromatic carbocycles. The first-order chi connectivity index (χ1) is 9.65. The van der Waals surface area contributed by atoms with Gasteiger partial charge in [-0.15, -0.1) is 0 Å². The van der Waals surface area contributed by atoms with Crippen molar-refractivity contribution in [2.45, 2.75) is 12.8 Å². The molecule has 1 rings (SSSR count). The van der Waals surface area contributed by atoms with E-state index in [-0.39, 0.29) is 30.7 Å². The molecular formula is C13H20N2O5. The van der Waals surface area contributed by atoms with Crippen LogP contribution < -0.4 is 5.32 Å². The molecule has 3 amide bonds. The highest BCUT2D eigenvalue weighted by Crippen LogP contribution is 2.03. The Kier molecular flexibility index (Phi) is 7.52. The van der Waals surface area contributed by atoms with Crippen LogP contribution in [0.5, 0.6) is 0 Å². The lowest BCUT2D eigenvalue weighted by molar-refractivity contribution is -0.137. The summed E-state index contributed by atoms with van der Waals surface area (Å²) in [5.41, 5.74) is 0. The predicted octanol–water partition coefficient (Wildman–Crippen LogP) is -0.529. The predicted molar refractivity (Wildman–Crippen MR) is 70.8 cm³/mol. The van der Waals surface area contributed by atoms with Gasteiger partial charge in [-0.3, -0.25) is 19.3 Å². The van der Waals surface area contributed by atoms with E-state index in [1.165, 1.54) is 12.2 Å². The van der Waals surface area contributed by atoms with Crippen LogP contribution in [0.3, 0.4) is 0 Å². The van der Waals surface area contributed by atoms with Crippen LogP contribution in [-0.2, 0) is 23.9 Å². The second-order valence-corrected chi connectivity index (χ2v) is 4.22. The molecule has 1 aliphatic rings. The van der Waals surface area contributed by atoms with Crippen molar-refractivity contribution < 1.29 is 23.9 Å². The maximum atomic E-state index is 11.5. The molecule has 0 saturated carbocycles. The lowest BCUT2D eigenvalue weighted by Gasteiger charge is -2.13. The van der Waals surface area contributed by atoms with Crippen molar-refractivity contribution in [2.24, 2.45) is 0 Å². The Labute approximate surface area is 117 Å². The van der Waals surface area contributed by atoms with Gasteiger partial charge in [-0.25, -0.2) is 0 Å². The third-order valence-corrected chi connectivity index (χ3v) is 2.67. The molecule has 1 N–H and O–H groups in total. The zero-order valence-corrected chi connectivity index (χ0v) is 11.6. The number of imide groups is 1.